The summed E-state index contributed by atoms with van der Waals surface area (Å²) in [6, 6.07) is 15.9. The number of hydrogen-bond acceptors (Lipinski definition) is 1. The summed E-state index contributed by atoms with van der Waals surface area (Å²) >= 11 is 0. The van der Waals surface area contributed by atoms with E-state index in [1.807, 2.05) is 42.5 Å². The topological polar surface area (TPSA) is 41.1 Å². The smallest absolute Gasteiger partial charge is 0.319 e. The first-order valence-electron chi connectivity index (χ1n) is 8.04. The molecule has 2 amide bonds. The van der Waals surface area contributed by atoms with Crippen LogP contribution in [0.25, 0.3) is 0 Å². The Hall–Kier alpha value is -2.36. The zero-order chi connectivity index (χ0) is 16.1. The van der Waals surface area contributed by atoms with Crippen molar-refractivity contribution in [1.82, 2.24) is 5.32 Å². The Morgan fingerprint density at radius 1 is 1.00 bits per heavy atom. The lowest BCUT2D eigenvalue weighted by Gasteiger charge is -2.30. The second-order valence-electron chi connectivity index (χ2n) is 6.17. The lowest BCUT2D eigenvalue weighted by Crippen LogP contribution is -2.40. The molecule has 1 saturated carbocycles. The van der Waals surface area contributed by atoms with Crippen molar-refractivity contribution < 1.29 is 9.18 Å². The zero-order valence-electron chi connectivity index (χ0n) is 13.0. The summed E-state index contributed by atoms with van der Waals surface area (Å²) in [4.78, 5) is 12.1. The number of carbonyl (C=O) groups is 1. The number of benzene rings is 2. The molecule has 120 valence electrons. The summed E-state index contributed by atoms with van der Waals surface area (Å²) in [7, 11) is 0. The fraction of sp³-hybridized carbons (Fsp3) is 0.316. The summed E-state index contributed by atoms with van der Waals surface area (Å²) in [6.07, 6.45) is 4.31. The van der Waals surface area contributed by atoms with E-state index in [1.165, 1.54) is 12.1 Å². The van der Waals surface area contributed by atoms with Gasteiger partial charge >= 0.3 is 6.03 Å². The summed E-state index contributed by atoms with van der Waals surface area (Å²) in [5.41, 5.74) is 1.80. The van der Waals surface area contributed by atoms with Crippen molar-refractivity contribution in [2.24, 2.45) is 0 Å². The van der Waals surface area contributed by atoms with Crippen molar-refractivity contribution in [3.63, 3.8) is 0 Å². The van der Waals surface area contributed by atoms with E-state index in [4.69, 9.17) is 0 Å². The molecule has 0 heterocycles. The first-order chi connectivity index (χ1) is 11.2. The highest BCUT2D eigenvalue weighted by Crippen LogP contribution is 2.40. The lowest BCUT2D eigenvalue weighted by molar-refractivity contribution is 0.248. The Labute approximate surface area is 135 Å². The molecule has 0 saturated heterocycles. The molecule has 0 aliphatic heterocycles. The predicted octanol–water partition coefficient (Wildman–Crippen LogP) is 4.46. The maximum Gasteiger partial charge on any atom is 0.319 e. The average molecular weight is 312 g/mol. The highest BCUT2D eigenvalue weighted by molar-refractivity contribution is 5.89. The SMILES string of the molecule is O=C(NCC1(c2ccc(F)cc2)CCCC1)Nc1ccccc1. The van der Waals surface area contributed by atoms with Crippen LogP contribution in [-0.2, 0) is 5.41 Å². The van der Waals surface area contributed by atoms with Gasteiger partial charge in [0.15, 0.2) is 0 Å². The Kier molecular flexibility index (Phi) is 4.60. The minimum Gasteiger partial charge on any atom is -0.337 e. The van der Waals surface area contributed by atoms with Gasteiger partial charge in [-0.3, -0.25) is 0 Å². The molecule has 3 nitrogen and oxygen atoms in total. The van der Waals surface area contributed by atoms with Gasteiger partial charge in [0.1, 0.15) is 5.82 Å². The third-order valence-electron chi connectivity index (χ3n) is 4.64. The standard InChI is InChI=1S/C19H21FN2O/c20-16-10-8-15(9-11-16)19(12-4-5-13-19)14-21-18(23)22-17-6-2-1-3-7-17/h1-3,6-11H,4-5,12-14H2,(H2,21,22,23). The Bertz CT molecular complexity index is 649. The van der Waals surface area contributed by atoms with E-state index in [-0.39, 0.29) is 17.3 Å². The van der Waals surface area contributed by atoms with Crippen LogP contribution in [0, 0.1) is 5.82 Å². The molecule has 0 atom stereocenters. The Balaban J connectivity index is 1.66. The molecular weight excluding hydrogens is 291 g/mol. The largest absolute Gasteiger partial charge is 0.337 e. The number of anilines is 1. The normalized spacial score (nSPS) is 16.0. The molecule has 0 aromatic heterocycles. The van der Waals surface area contributed by atoms with Gasteiger partial charge in [0.05, 0.1) is 0 Å². The van der Waals surface area contributed by atoms with Crippen molar-refractivity contribution >= 4 is 11.7 Å². The summed E-state index contributed by atoms with van der Waals surface area (Å²) in [6.45, 7) is 0.567. The minimum atomic E-state index is -0.225. The van der Waals surface area contributed by atoms with Crippen molar-refractivity contribution in [2.45, 2.75) is 31.1 Å². The minimum absolute atomic E-state index is 0.0816. The molecule has 3 rings (SSSR count). The fourth-order valence-corrected chi connectivity index (χ4v) is 3.37. The maximum atomic E-state index is 13.2. The van der Waals surface area contributed by atoms with Crippen molar-refractivity contribution in [3.8, 4) is 0 Å². The van der Waals surface area contributed by atoms with Crippen molar-refractivity contribution in [2.75, 3.05) is 11.9 Å². The van der Waals surface area contributed by atoms with Gasteiger partial charge in [0.2, 0.25) is 0 Å². The average Bonchev–Trinajstić information content (AvgIpc) is 3.05. The highest BCUT2D eigenvalue weighted by Gasteiger charge is 2.35. The number of amides is 2. The van der Waals surface area contributed by atoms with E-state index in [0.717, 1.165) is 36.9 Å². The van der Waals surface area contributed by atoms with Gasteiger partial charge in [0, 0.05) is 17.6 Å². The van der Waals surface area contributed by atoms with E-state index in [0.29, 0.717) is 6.54 Å². The molecule has 0 unspecified atom stereocenters. The predicted molar refractivity (Wildman–Crippen MR) is 90.0 cm³/mol. The number of urea groups is 1. The van der Waals surface area contributed by atoms with E-state index >= 15 is 0 Å². The molecule has 0 radical (unpaired) electrons. The Morgan fingerprint density at radius 2 is 1.65 bits per heavy atom. The highest BCUT2D eigenvalue weighted by atomic mass is 19.1. The number of hydrogen-bond donors (Lipinski definition) is 2. The van der Waals surface area contributed by atoms with Crippen LogP contribution >= 0.6 is 0 Å². The summed E-state index contributed by atoms with van der Waals surface area (Å²) in [5.74, 6) is -0.225. The summed E-state index contributed by atoms with van der Waals surface area (Å²) < 4.78 is 13.2. The van der Waals surface area contributed by atoms with Gasteiger partial charge in [-0.25, -0.2) is 9.18 Å². The van der Waals surface area contributed by atoms with Crippen LogP contribution < -0.4 is 10.6 Å². The third-order valence-corrected chi connectivity index (χ3v) is 4.64. The Morgan fingerprint density at radius 3 is 2.30 bits per heavy atom. The number of nitrogens with one attached hydrogen (secondary N) is 2. The zero-order valence-corrected chi connectivity index (χ0v) is 13.0. The summed E-state index contributed by atoms with van der Waals surface area (Å²) in [5, 5.41) is 5.82. The van der Waals surface area contributed by atoms with Gasteiger partial charge in [-0.1, -0.05) is 43.2 Å². The van der Waals surface area contributed by atoms with Crippen molar-refractivity contribution in [1.29, 1.82) is 0 Å². The van der Waals surface area contributed by atoms with E-state index in [9.17, 15) is 9.18 Å². The van der Waals surface area contributed by atoms with Crippen LogP contribution in [0.4, 0.5) is 14.9 Å². The molecule has 23 heavy (non-hydrogen) atoms. The molecule has 2 aromatic rings. The van der Waals surface area contributed by atoms with Crippen LogP contribution in [0.5, 0.6) is 0 Å². The molecule has 2 aromatic carbocycles. The number of halogens is 1. The number of carbonyl (C=O) groups excluding carboxylic acids is 1. The van der Waals surface area contributed by atoms with Crippen LogP contribution in [-0.4, -0.2) is 12.6 Å². The lowest BCUT2D eigenvalue weighted by atomic mass is 9.79. The van der Waals surface area contributed by atoms with Crippen LogP contribution in [0.15, 0.2) is 54.6 Å². The molecule has 4 heteroatoms. The van der Waals surface area contributed by atoms with Gasteiger partial charge in [0.25, 0.3) is 0 Å². The molecule has 1 aliphatic rings. The third kappa shape index (κ3) is 3.70. The van der Waals surface area contributed by atoms with Crippen LogP contribution in [0.3, 0.4) is 0 Å². The maximum absolute atomic E-state index is 13.2. The van der Waals surface area contributed by atoms with Gasteiger partial charge in [-0.15, -0.1) is 0 Å². The molecule has 1 aliphatic carbocycles. The first kappa shape index (κ1) is 15.5. The molecule has 0 spiro atoms. The second kappa shape index (κ2) is 6.82. The quantitative estimate of drug-likeness (QED) is 0.860. The van der Waals surface area contributed by atoms with Crippen molar-refractivity contribution in [3.05, 3.63) is 66.0 Å². The second-order valence-corrected chi connectivity index (χ2v) is 6.17. The molecule has 1 fully saturated rings. The molecule has 0 bridgehead atoms. The van der Waals surface area contributed by atoms with E-state index < -0.39 is 0 Å². The van der Waals surface area contributed by atoms with Gasteiger partial charge in [-0.2, -0.15) is 0 Å². The van der Waals surface area contributed by atoms with E-state index in [2.05, 4.69) is 10.6 Å². The first-order valence-corrected chi connectivity index (χ1v) is 8.04. The molecule has 2 N–H and O–H groups in total. The van der Waals surface area contributed by atoms with Crippen LogP contribution in [0.2, 0.25) is 0 Å². The number of rotatable bonds is 4. The molecular formula is C19H21FN2O. The fourth-order valence-electron chi connectivity index (χ4n) is 3.37. The van der Waals surface area contributed by atoms with Gasteiger partial charge < -0.3 is 10.6 Å². The van der Waals surface area contributed by atoms with Gasteiger partial charge in [-0.05, 0) is 42.7 Å². The monoisotopic (exact) mass is 312 g/mol. The van der Waals surface area contributed by atoms with Crippen LogP contribution in [0.1, 0.15) is 31.2 Å². The number of para-hydroxylation sites is 1. The van der Waals surface area contributed by atoms with E-state index in [1.54, 1.807) is 0 Å².